The summed E-state index contributed by atoms with van der Waals surface area (Å²) in [6.45, 7) is 0. The zero-order chi connectivity index (χ0) is 10.0. The van der Waals surface area contributed by atoms with Gasteiger partial charge in [-0.1, -0.05) is 0 Å². The Hall–Kier alpha value is -1.10. The van der Waals surface area contributed by atoms with E-state index in [9.17, 15) is 14.3 Å². The van der Waals surface area contributed by atoms with Gasteiger partial charge in [-0.15, -0.1) is 0 Å². The molecular formula is C8H6BrFO3. The molecule has 1 aromatic rings. The molecule has 1 N–H and O–H groups in total. The van der Waals surface area contributed by atoms with Crippen LogP contribution in [-0.4, -0.2) is 18.5 Å². The second-order valence-electron chi connectivity index (χ2n) is 2.25. The molecule has 0 amide bonds. The summed E-state index contributed by atoms with van der Waals surface area (Å²) in [7, 11) is 1.27. The van der Waals surface area contributed by atoms with Gasteiger partial charge in [-0.2, -0.15) is 0 Å². The molecule has 0 spiro atoms. The molecule has 0 heterocycles. The summed E-state index contributed by atoms with van der Waals surface area (Å²) in [5.41, 5.74) is -0.156. The van der Waals surface area contributed by atoms with Crippen LogP contribution in [0.15, 0.2) is 10.5 Å². The Bertz CT molecular complexity index is 352. The summed E-state index contributed by atoms with van der Waals surface area (Å²) >= 11 is 2.83. The minimum Gasteiger partial charge on any atom is -0.504 e. The van der Waals surface area contributed by atoms with Crippen LogP contribution in [0, 0.1) is 5.82 Å². The molecule has 0 radical (unpaired) electrons. The SMILES string of the molecule is COc1cc(F)c(Br)c(C=O)c1O. The Labute approximate surface area is 82.3 Å². The van der Waals surface area contributed by atoms with Crippen molar-refractivity contribution in [2.75, 3.05) is 7.11 Å². The molecule has 3 nitrogen and oxygen atoms in total. The number of carbonyl (C=O) groups excluding carboxylic acids is 1. The van der Waals surface area contributed by atoms with Gasteiger partial charge in [-0.25, -0.2) is 4.39 Å². The predicted molar refractivity (Wildman–Crippen MR) is 47.7 cm³/mol. The van der Waals surface area contributed by atoms with Crippen molar-refractivity contribution in [3.63, 3.8) is 0 Å². The van der Waals surface area contributed by atoms with Crippen LogP contribution in [0.2, 0.25) is 0 Å². The summed E-state index contributed by atoms with van der Waals surface area (Å²) in [5, 5.41) is 9.34. The van der Waals surface area contributed by atoms with Gasteiger partial charge in [0.25, 0.3) is 0 Å². The van der Waals surface area contributed by atoms with Gasteiger partial charge in [0, 0.05) is 6.07 Å². The fourth-order valence-electron chi connectivity index (χ4n) is 0.875. The van der Waals surface area contributed by atoms with E-state index >= 15 is 0 Å². The first-order valence-corrected chi connectivity index (χ1v) is 4.11. The van der Waals surface area contributed by atoms with Gasteiger partial charge >= 0.3 is 0 Å². The monoisotopic (exact) mass is 248 g/mol. The lowest BCUT2D eigenvalue weighted by molar-refractivity contribution is 0.111. The molecule has 0 atom stereocenters. The van der Waals surface area contributed by atoms with Gasteiger partial charge in [0.05, 0.1) is 17.1 Å². The minimum atomic E-state index is -0.656. The number of aldehydes is 1. The Kier molecular flexibility index (Phi) is 2.87. The van der Waals surface area contributed by atoms with Gasteiger partial charge < -0.3 is 9.84 Å². The van der Waals surface area contributed by atoms with Crippen LogP contribution in [0.3, 0.4) is 0 Å². The molecule has 70 valence electrons. The van der Waals surface area contributed by atoms with E-state index in [4.69, 9.17) is 0 Å². The second kappa shape index (κ2) is 3.74. The quantitative estimate of drug-likeness (QED) is 0.816. The standard InChI is InChI=1S/C8H6BrFO3/c1-13-6-2-5(10)7(9)4(3-11)8(6)12/h2-3,12H,1H3. The first-order chi connectivity index (χ1) is 6.11. The van der Waals surface area contributed by atoms with Crippen molar-refractivity contribution in [2.24, 2.45) is 0 Å². The predicted octanol–water partition coefficient (Wildman–Crippen LogP) is 2.11. The van der Waals surface area contributed by atoms with Gasteiger partial charge in [0.1, 0.15) is 5.82 Å². The number of hydrogen-bond acceptors (Lipinski definition) is 3. The lowest BCUT2D eigenvalue weighted by Gasteiger charge is -2.07. The number of aromatic hydroxyl groups is 1. The Morgan fingerprint density at radius 1 is 1.69 bits per heavy atom. The highest BCUT2D eigenvalue weighted by molar-refractivity contribution is 9.10. The van der Waals surface area contributed by atoms with E-state index in [1.54, 1.807) is 0 Å². The van der Waals surface area contributed by atoms with Crippen molar-refractivity contribution >= 4 is 22.2 Å². The molecule has 5 heteroatoms. The molecule has 0 aliphatic carbocycles. The maximum Gasteiger partial charge on any atom is 0.169 e. The number of hydrogen-bond donors (Lipinski definition) is 1. The third kappa shape index (κ3) is 1.65. The van der Waals surface area contributed by atoms with Gasteiger partial charge in [0.15, 0.2) is 17.8 Å². The zero-order valence-electron chi connectivity index (χ0n) is 6.67. The minimum absolute atomic E-state index is 0.0669. The number of carbonyl (C=O) groups is 1. The third-order valence-corrected chi connectivity index (χ3v) is 2.34. The maximum absolute atomic E-state index is 13.0. The number of rotatable bonds is 2. The largest absolute Gasteiger partial charge is 0.504 e. The van der Waals surface area contributed by atoms with Crippen LogP contribution >= 0.6 is 15.9 Å². The van der Waals surface area contributed by atoms with Crippen molar-refractivity contribution < 1.29 is 19.0 Å². The number of methoxy groups -OCH3 is 1. The second-order valence-corrected chi connectivity index (χ2v) is 3.05. The van der Waals surface area contributed by atoms with E-state index in [1.807, 2.05) is 0 Å². The van der Waals surface area contributed by atoms with Crippen molar-refractivity contribution in [3.05, 3.63) is 21.9 Å². The zero-order valence-corrected chi connectivity index (χ0v) is 8.26. The molecule has 0 saturated heterocycles. The van der Waals surface area contributed by atoms with E-state index < -0.39 is 5.82 Å². The first-order valence-electron chi connectivity index (χ1n) is 3.32. The number of halogens is 2. The molecule has 0 aromatic heterocycles. The molecule has 0 saturated carbocycles. The number of phenols is 1. The normalized spacial score (nSPS) is 9.77. The van der Waals surface area contributed by atoms with Crippen LogP contribution in [0.5, 0.6) is 11.5 Å². The number of ether oxygens (including phenoxy) is 1. The van der Waals surface area contributed by atoms with Gasteiger partial charge in [0.2, 0.25) is 0 Å². The molecule has 0 aliphatic heterocycles. The summed E-state index contributed by atoms with van der Waals surface area (Å²) in [6.07, 6.45) is 0.352. The Morgan fingerprint density at radius 3 is 2.77 bits per heavy atom. The Balaban J connectivity index is 3.47. The van der Waals surface area contributed by atoms with Crippen LogP contribution in [0.1, 0.15) is 10.4 Å². The molecule has 1 aromatic carbocycles. The van der Waals surface area contributed by atoms with Crippen molar-refractivity contribution in [1.82, 2.24) is 0 Å². The molecule has 0 bridgehead atoms. The van der Waals surface area contributed by atoms with Gasteiger partial charge in [-0.3, -0.25) is 4.79 Å². The van der Waals surface area contributed by atoms with Crippen molar-refractivity contribution in [3.8, 4) is 11.5 Å². The van der Waals surface area contributed by atoms with Crippen LogP contribution in [0.25, 0.3) is 0 Å². The average Bonchev–Trinajstić information content (AvgIpc) is 2.12. The summed E-state index contributed by atoms with van der Waals surface area (Å²) in [6, 6.07) is 0.992. The third-order valence-electron chi connectivity index (χ3n) is 1.53. The molecule has 0 fully saturated rings. The van der Waals surface area contributed by atoms with Crippen molar-refractivity contribution in [1.29, 1.82) is 0 Å². The van der Waals surface area contributed by atoms with Crippen LogP contribution in [0.4, 0.5) is 4.39 Å². The number of benzene rings is 1. The Morgan fingerprint density at radius 2 is 2.31 bits per heavy atom. The molecule has 0 aliphatic rings. The maximum atomic E-state index is 13.0. The van der Waals surface area contributed by atoms with E-state index in [1.165, 1.54) is 7.11 Å². The lowest BCUT2D eigenvalue weighted by atomic mass is 10.2. The average molecular weight is 249 g/mol. The molecular weight excluding hydrogens is 243 g/mol. The highest BCUT2D eigenvalue weighted by Crippen LogP contribution is 2.35. The fourth-order valence-corrected chi connectivity index (χ4v) is 1.27. The van der Waals surface area contributed by atoms with E-state index in [0.29, 0.717) is 6.29 Å². The topological polar surface area (TPSA) is 46.5 Å². The van der Waals surface area contributed by atoms with Gasteiger partial charge in [-0.05, 0) is 15.9 Å². The van der Waals surface area contributed by atoms with Crippen molar-refractivity contribution in [2.45, 2.75) is 0 Å². The summed E-state index contributed by atoms with van der Waals surface area (Å²) in [5.74, 6) is -1.09. The lowest BCUT2D eigenvalue weighted by Crippen LogP contribution is -1.93. The molecule has 0 unspecified atom stereocenters. The smallest absolute Gasteiger partial charge is 0.169 e. The number of phenolic OH excluding ortho intramolecular Hbond substituents is 1. The summed E-state index contributed by atoms with van der Waals surface area (Å²) in [4.78, 5) is 10.5. The first kappa shape index (κ1) is 9.98. The van der Waals surface area contributed by atoms with Crippen LogP contribution < -0.4 is 4.74 Å². The van der Waals surface area contributed by atoms with Crippen LogP contribution in [-0.2, 0) is 0 Å². The van der Waals surface area contributed by atoms with E-state index in [0.717, 1.165) is 6.07 Å². The molecule has 13 heavy (non-hydrogen) atoms. The summed E-state index contributed by atoms with van der Waals surface area (Å²) < 4.78 is 17.6. The highest BCUT2D eigenvalue weighted by Gasteiger charge is 2.15. The van der Waals surface area contributed by atoms with E-state index in [-0.39, 0.29) is 21.5 Å². The highest BCUT2D eigenvalue weighted by atomic mass is 79.9. The fraction of sp³-hybridized carbons (Fsp3) is 0.125. The molecule has 1 rings (SSSR count). The van der Waals surface area contributed by atoms with E-state index in [2.05, 4.69) is 20.7 Å².